The van der Waals surface area contributed by atoms with Crippen LogP contribution in [0.2, 0.25) is 0 Å². The van der Waals surface area contributed by atoms with E-state index in [4.69, 9.17) is 4.52 Å². The first-order chi connectivity index (χ1) is 15.7. The van der Waals surface area contributed by atoms with Gasteiger partial charge in [-0.25, -0.2) is 0 Å². The van der Waals surface area contributed by atoms with Crippen LogP contribution in [0.4, 0.5) is 0 Å². The number of carbonyl (C=O) groups is 2. The molecule has 3 aromatic rings. The van der Waals surface area contributed by atoms with E-state index in [1.165, 1.54) is 12.8 Å². The van der Waals surface area contributed by atoms with Crippen molar-refractivity contribution in [3.05, 3.63) is 54.1 Å². The number of rotatable bonds is 3. The molecule has 0 N–H and O–H groups in total. The van der Waals surface area contributed by atoms with Crippen LogP contribution in [-0.4, -0.2) is 52.9 Å². The fourth-order valence-electron chi connectivity index (χ4n) is 4.93. The summed E-state index contributed by atoms with van der Waals surface area (Å²) in [7, 11) is 0. The zero-order valence-corrected chi connectivity index (χ0v) is 18.3. The lowest BCUT2D eigenvalue weighted by Crippen LogP contribution is -2.44. The summed E-state index contributed by atoms with van der Waals surface area (Å²) in [6.07, 6.45) is 6.15. The third-order valence-electron chi connectivity index (χ3n) is 6.81. The second-order valence-corrected chi connectivity index (χ2v) is 8.92. The minimum Gasteiger partial charge on any atom is -0.355 e. The van der Waals surface area contributed by atoms with Crippen LogP contribution in [0.1, 0.15) is 48.9 Å². The maximum Gasteiger partial charge on any atom is 0.253 e. The summed E-state index contributed by atoms with van der Waals surface area (Å²) in [5.41, 5.74) is 2.31. The highest BCUT2D eigenvalue weighted by Crippen LogP contribution is 2.30. The SMILES string of the molecule is O=C(c1ccc2noc(-c3ccccc3)c2c1)N1CCC(C(=O)N2CCCCCC2)CC1. The molecule has 2 aliphatic heterocycles. The molecule has 6 nitrogen and oxygen atoms in total. The van der Waals surface area contributed by atoms with Crippen LogP contribution in [-0.2, 0) is 4.79 Å². The Morgan fingerprint density at radius 2 is 1.56 bits per heavy atom. The summed E-state index contributed by atoms with van der Waals surface area (Å²) in [6.45, 7) is 3.02. The molecule has 0 atom stereocenters. The summed E-state index contributed by atoms with van der Waals surface area (Å²) in [5.74, 6) is 1.02. The molecule has 0 aliphatic carbocycles. The Bertz CT molecular complexity index is 1090. The van der Waals surface area contributed by atoms with E-state index in [1.54, 1.807) is 0 Å². The average molecular weight is 432 g/mol. The van der Waals surface area contributed by atoms with Crippen molar-refractivity contribution in [2.45, 2.75) is 38.5 Å². The van der Waals surface area contributed by atoms with Gasteiger partial charge in [-0.05, 0) is 43.9 Å². The predicted molar refractivity (Wildman–Crippen MR) is 123 cm³/mol. The first-order valence-corrected chi connectivity index (χ1v) is 11.7. The number of likely N-dealkylation sites (tertiary alicyclic amines) is 2. The molecule has 5 rings (SSSR count). The Morgan fingerprint density at radius 3 is 2.28 bits per heavy atom. The van der Waals surface area contributed by atoms with Crippen molar-refractivity contribution in [2.24, 2.45) is 5.92 Å². The molecule has 2 saturated heterocycles. The number of hydrogen-bond donors (Lipinski definition) is 0. The molecule has 32 heavy (non-hydrogen) atoms. The molecule has 0 bridgehead atoms. The summed E-state index contributed by atoms with van der Waals surface area (Å²) in [5, 5.41) is 4.99. The quantitative estimate of drug-likeness (QED) is 0.600. The number of piperidine rings is 1. The minimum atomic E-state index is 0.00721. The molecule has 2 aromatic carbocycles. The first kappa shape index (κ1) is 20.7. The molecule has 6 heteroatoms. The van der Waals surface area contributed by atoms with E-state index in [0.717, 1.165) is 55.2 Å². The van der Waals surface area contributed by atoms with Gasteiger partial charge in [-0.1, -0.05) is 48.3 Å². The maximum absolute atomic E-state index is 13.2. The zero-order valence-electron chi connectivity index (χ0n) is 18.3. The lowest BCUT2D eigenvalue weighted by Gasteiger charge is -2.34. The second-order valence-electron chi connectivity index (χ2n) is 8.92. The van der Waals surface area contributed by atoms with Crippen molar-refractivity contribution < 1.29 is 14.1 Å². The monoisotopic (exact) mass is 431 g/mol. The summed E-state index contributed by atoms with van der Waals surface area (Å²) in [6, 6.07) is 15.3. The van der Waals surface area contributed by atoms with Crippen molar-refractivity contribution >= 4 is 22.7 Å². The number of fused-ring (bicyclic) bond motifs is 1. The smallest absolute Gasteiger partial charge is 0.253 e. The molecule has 3 heterocycles. The molecular weight excluding hydrogens is 402 g/mol. The topological polar surface area (TPSA) is 66.7 Å². The van der Waals surface area contributed by atoms with Crippen LogP contribution in [0, 0.1) is 5.92 Å². The van der Waals surface area contributed by atoms with Crippen LogP contribution in [0.3, 0.4) is 0 Å². The van der Waals surface area contributed by atoms with Gasteiger partial charge in [0.15, 0.2) is 5.76 Å². The van der Waals surface area contributed by atoms with Crippen LogP contribution >= 0.6 is 0 Å². The first-order valence-electron chi connectivity index (χ1n) is 11.7. The molecule has 2 fully saturated rings. The molecule has 0 spiro atoms. The Kier molecular flexibility index (Phi) is 5.93. The fraction of sp³-hybridized carbons (Fsp3) is 0.423. The van der Waals surface area contributed by atoms with Gasteiger partial charge in [0.1, 0.15) is 5.52 Å². The van der Waals surface area contributed by atoms with E-state index in [2.05, 4.69) is 10.1 Å². The van der Waals surface area contributed by atoms with Crippen LogP contribution < -0.4 is 0 Å². The molecule has 0 radical (unpaired) electrons. The van der Waals surface area contributed by atoms with Crippen LogP contribution in [0.25, 0.3) is 22.2 Å². The van der Waals surface area contributed by atoms with E-state index in [1.807, 2.05) is 53.4 Å². The maximum atomic E-state index is 13.2. The van der Waals surface area contributed by atoms with Gasteiger partial charge < -0.3 is 14.3 Å². The summed E-state index contributed by atoms with van der Waals surface area (Å²) < 4.78 is 5.57. The van der Waals surface area contributed by atoms with Gasteiger partial charge in [-0.3, -0.25) is 9.59 Å². The zero-order chi connectivity index (χ0) is 21.9. The largest absolute Gasteiger partial charge is 0.355 e. The predicted octanol–water partition coefficient (Wildman–Crippen LogP) is 4.75. The van der Waals surface area contributed by atoms with E-state index in [-0.39, 0.29) is 17.7 Å². The minimum absolute atomic E-state index is 0.00721. The van der Waals surface area contributed by atoms with E-state index in [9.17, 15) is 9.59 Å². The van der Waals surface area contributed by atoms with Crippen molar-refractivity contribution in [1.29, 1.82) is 0 Å². The normalized spacial score (nSPS) is 18.0. The van der Waals surface area contributed by atoms with E-state index in [0.29, 0.717) is 24.4 Å². The summed E-state index contributed by atoms with van der Waals surface area (Å²) >= 11 is 0. The van der Waals surface area contributed by atoms with Crippen LogP contribution in [0.15, 0.2) is 53.1 Å². The Morgan fingerprint density at radius 1 is 0.844 bits per heavy atom. The van der Waals surface area contributed by atoms with Crippen LogP contribution in [0.5, 0.6) is 0 Å². The standard InChI is InChI=1S/C26H29N3O3/c30-25(28-14-6-1-2-7-15-28)20-12-16-29(17-13-20)26(31)21-10-11-23-22(18-21)24(32-27-23)19-8-4-3-5-9-19/h3-5,8-11,18,20H,1-2,6-7,12-17H2. The Labute approximate surface area is 188 Å². The Balaban J connectivity index is 1.27. The van der Waals surface area contributed by atoms with Gasteiger partial charge in [-0.2, -0.15) is 0 Å². The lowest BCUT2D eigenvalue weighted by molar-refractivity contribution is -0.136. The number of nitrogens with zero attached hydrogens (tertiary/aromatic N) is 3. The van der Waals surface area contributed by atoms with Gasteiger partial charge in [0.2, 0.25) is 5.91 Å². The van der Waals surface area contributed by atoms with Crippen molar-refractivity contribution in [3.8, 4) is 11.3 Å². The molecule has 2 aliphatic rings. The molecule has 166 valence electrons. The number of aromatic nitrogens is 1. The van der Waals surface area contributed by atoms with Gasteiger partial charge in [0.05, 0.1) is 5.39 Å². The van der Waals surface area contributed by atoms with E-state index >= 15 is 0 Å². The third-order valence-corrected chi connectivity index (χ3v) is 6.81. The average Bonchev–Trinajstić information content (AvgIpc) is 3.08. The number of hydrogen-bond acceptors (Lipinski definition) is 4. The molecule has 2 amide bonds. The van der Waals surface area contributed by atoms with Crippen molar-refractivity contribution in [1.82, 2.24) is 15.0 Å². The lowest BCUT2D eigenvalue weighted by atomic mass is 9.94. The van der Waals surface area contributed by atoms with Gasteiger partial charge >= 0.3 is 0 Å². The van der Waals surface area contributed by atoms with Crippen molar-refractivity contribution in [3.63, 3.8) is 0 Å². The molecule has 0 unspecified atom stereocenters. The van der Waals surface area contributed by atoms with Crippen molar-refractivity contribution in [2.75, 3.05) is 26.2 Å². The number of amides is 2. The van der Waals surface area contributed by atoms with Gasteiger partial charge in [0, 0.05) is 43.2 Å². The van der Waals surface area contributed by atoms with Gasteiger partial charge in [-0.15, -0.1) is 0 Å². The second kappa shape index (κ2) is 9.15. The highest BCUT2D eigenvalue weighted by atomic mass is 16.5. The highest BCUT2D eigenvalue weighted by molar-refractivity contribution is 6.01. The number of carbonyl (C=O) groups excluding carboxylic acids is 2. The highest BCUT2D eigenvalue weighted by Gasteiger charge is 2.31. The fourth-order valence-corrected chi connectivity index (χ4v) is 4.93. The summed E-state index contributed by atoms with van der Waals surface area (Å²) in [4.78, 5) is 30.1. The molecular formula is C26H29N3O3. The molecule has 0 saturated carbocycles. The Hall–Kier alpha value is -3.15. The number of benzene rings is 2. The van der Waals surface area contributed by atoms with E-state index < -0.39 is 0 Å². The third kappa shape index (κ3) is 4.14. The molecule has 1 aromatic heterocycles. The van der Waals surface area contributed by atoms with Gasteiger partial charge in [0.25, 0.3) is 5.91 Å².